The number of hydrogen-bond donors (Lipinski definition) is 1. The molecule has 4 rings (SSSR count). The molecule has 1 aromatic heterocycles. The Bertz CT molecular complexity index is 926. The molecule has 0 aliphatic carbocycles. The van der Waals surface area contributed by atoms with Gasteiger partial charge in [0.2, 0.25) is 17.8 Å². The summed E-state index contributed by atoms with van der Waals surface area (Å²) in [5.74, 6) is 3.28. The number of methoxy groups -OCH3 is 3. The van der Waals surface area contributed by atoms with Gasteiger partial charge < -0.3 is 33.5 Å². The van der Waals surface area contributed by atoms with Gasteiger partial charge in [-0.2, -0.15) is 20.1 Å². The molecule has 2 aromatic rings. The van der Waals surface area contributed by atoms with Crippen LogP contribution in [0.5, 0.6) is 17.2 Å². The summed E-state index contributed by atoms with van der Waals surface area (Å²) in [6.45, 7) is 5.43. The highest BCUT2D eigenvalue weighted by Crippen LogP contribution is 2.33. The van der Waals surface area contributed by atoms with E-state index in [0.717, 1.165) is 26.2 Å². The van der Waals surface area contributed by atoms with Crippen LogP contribution in [0.1, 0.15) is 5.56 Å². The third-order valence-corrected chi connectivity index (χ3v) is 5.30. The summed E-state index contributed by atoms with van der Waals surface area (Å²) in [5, 5.41) is 4.33. The van der Waals surface area contributed by atoms with Gasteiger partial charge in [-0.25, -0.2) is 5.43 Å². The largest absolute Gasteiger partial charge is 0.496 e. The van der Waals surface area contributed by atoms with Crippen molar-refractivity contribution in [3.8, 4) is 17.2 Å². The highest BCUT2D eigenvalue weighted by atomic mass is 16.5. The molecule has 2 fully saturated rings. The summed E-state index contributed by atoms with van der Waals surface area (Å²) in [4.78, 5) is 18.0. The number of benzene rings is 1. The monoisotopic (exact) mass is 459 g/mol. The molecule has 2 aliphatic rings. The van der Waals surface area contributed by atoms with Gasteiger partial charge in [-0.15, -0.1) is 0 Å². The molecule has 178 valence electrons. The van der Waals surface area contributed by atoms with Gasteiger partial charge in [0, 0.05) is 37.8 Å². The van der Waals surface area contributed by atoms with Gasteiger partial charge in [-0.3, -0.25) is 0 Å². The first kappa shape index (κ1) is 22.8. The Morgan fingerprint density at radius 2 is 1.30 bits per heavy atom. The van der Waals surface area contributed by atoms with Crippen molar-refractivity contribution in [1.29, 1.82) is 0 Å². The van der Waals surface area contributed by atoms with Crippen LogP contribution in [-0.2, 0) is 9.47 Å². The van der Waals surface area contributed by atoms with Crippen LogP contribution in [0.25, 0.3) is 0 Å². The fourth-order valence-corrected chi connectivity index (χ4v) is 3.53. The maximum absolute atomic E-state index is 5.46. The van der Waals surface area contributed by atoms with Crippen molar-refractivity contribution in [1.82, 2.24) is 15.0 Å². The molecule has 12 nitrogen and oxygen atoms in total. The Morgan fingerprint density at radius 3 is 1.82 bits per heavy atom. The zero-order chi connectivity index (χ0) is 23.0. The molecule has 3 heterocycles. The van der Waals surface area contributed by atoms with Gasteiger partial charge in [-0.1, -0.05) is 0 Å². The van der Waals surface area contributed by atoms with Crippen molar-refractivity contribution in [2.24, 2.45) is 5.10 Å². The van der Waals surface area contributed by atoms with Crippen molar-refractivity contribution in [3.05, 3.63) is 17.7 Å². The van der Waals surface area contributed by atoms with Gasteiger partial charge in [0.05, 0.1) is 54.0 Å². The predicted molar refractivity (Wildman–Crippen MR) is 123 cm³/mol. The molecule has 1 N–H and O–H groups in total. The third kappa shape index (κ3) is 5.52. The molecule has 0 radical (unpaired) electrons. The zero-order valence-corrected chi connectivity index (χ0v) is 19.1. The normalized spacial score (nSPS) is 16.7. The minimum atomic E-state index is 0.351. The van der Waals surface area contributed by atoms with Crippen molar-refractivity contribution < 1.29 is 23.7 Å². The standard InChI is InChI=1S/C21H29N7O5/c1-29-16-13-18(31-3)17(30-2)12-15(16)14-22-26-19-23-20(27-4-8-32-9-5-27)25-21(24-19)28-6-10-33-11-7-28/h12-14H,4-11H2,1-3H3,(H,23,24,25,26). The number of aromatic nitrogens is 3. The van der Waals surface area contributed by atoms with Crippen LogP contribution in [0.2, 0.25) is 0 Å². The lowest BCUT2D eigenvalue weighted by Gasteiger charge is -2.30. The fraction of sp³-hybridized carbons (Fsp3) is 0.524. The van der Waals surface area contributed by atoms with E-state index >= 15 is 0 Å². The second-order valence-electron chi connectivity index (χ2n) is 7.28. The van der Waals surface area contributed by atoms with E-state index in [1.54, 1.807) is 39.7 Å². The first-order chi connectivity index (χ1) is 16.2. The highest BCUT2D eigenvalue weighted by molar-refractivity contribution is 5.85. The number of ether oxygens (including phenoxy) is 5. The predicted octanol–water partition coefficient (Wildman–Crippen LogP) is 1.02. The van der Waals surface area contributed by atoms with Crippen LogP contribution in [0.3, 0.4) is 0 Å². The van der Waals surface area contributed by atoms with Crippen LogP contribution >= 0.6 is 0 Å². The lowest BCUT2D eigenvalue weighted by atomic mass is 10.2. The number of rotatable bonds is 8. The van der Waals surface area contributed by atoms with Crippen LogP contribution in [-0.4, -0.2) is 95.1 Å². The van der Waals surface area contributed by atoms with E-state index < -0.39 is 0 Å². The van der Waals surface area contributed by atoms with Crippen molar-refractivity contribution in [2.45, 2.75) is 0 Å². The molecule has 0 atom stereocenters. The lowest BCUT2D eigenvalue weighted by molar-refractivity contribution is 0.121. The SMILES string of the molecule is COc1cc(OC)c(OC)cc1C=NNc1nc(N2CCOCC2)nc(N2CCOCC2)n1. The van der Waals surface area contributed by atoms with Crippen molar-refractivity contribution in [3.63, 3.8) is 0 Å². The van der Waals surface area contributed by atoms with E-state index in [9.17, 15) is 0 Å². The summed E-state index contributed by atoms with van der Waals surface area (Å²) >= 11 is 0. The summed E-state index contributed by atoms with van der Waals surface area (Å²) in [7, 11) is 4.74. The Kier molecular flexibility index (Phi) is 7.58. The molecular weight excluding hydrogens is 430 g/mol. The second-order valence-corrected chi connectivity index (χ2v) is 7.28. The zero-order valence-electron chi connectivity index (χ0n) is 19.1. The van der Waals surface area contributed by atoms with Gasteiger partial charge >= 0.3 is 0 Å². The Balaban J connectivity index is 1.58. The fourth-order valence-electron chi connectivity index (χ4n) is 3.53. The van der Waals surface area contributed by atoms with E-state index in [1.807, 2.05) is 0 Å². The number of morpholine rings is 2. The highest BCUT2D eigenvalue weighted by Gasteiger charge is 2.20. The van der Waals surface area contributed by atoms with E-state index in [0.29, 0.717) is 67.1 Å². The van der Waals surface area contributed by atoms with Crippen LogP contribution < -0.4 is 29.4 Å². The molecule has 2 aliphatic heterocycles. The second kappa shape index (κ2) is 11.0. The average Bonchev–Trinajstić information content (AvgIpc) is 2.89. The van der Waals surface area contributed by atoms with Gasteiger partial charge in [0.1, 0.15) is 5.75 Å². The van der Waals surface area contributed by atoms with Gasteiger partial charge in [-0.05, 0) is 6.07 Å². The number of nitrogens with one attached hydrogen (secondary N) is 1. The lowest BCUT2D eigenvalue weighted by Crippen LogP contribution is -2.40. The topological polar surface area (TPSA) is 116 Å². The molecular formula is C21H29N7O5. The van der Waals surface area contributed by atoms with Gasteiger partial charge in [0.25, 0.3) is 0 Å². The molecule has 0 saturated carbocycles. The molecule has 33 heavy (non-hydrogen) atoms. The van der Waals surface area contributed by atoms with E-state index in [2.05, 4.69) is 30.3 Å². The van der Waals surface area contributed by atoms with E-state index in [4.69, 9.17) is 28.7 Å². The number of hydrazone groups is 1. The molecule has 0 unspecified atom stereocenters. The molecule has 2 saturated heterocycles. The first-order valence-corrected chi connectivity index (χ1v) is 10.7. The minimum absolute atomic E-state index is 0.351. The maximum Gasteiger partial charge on any atom is 0.250 e. The summed E-state index contributed by atoms with van der Waals surface area (Å²) in [5.41, 5.74) is 3.64. The molecule has 0 bridgehead atoms. The number of anilines is 3. The number of hydrogen-bond acceptors (Lipinski definition) is 12. The first-order valence-electron chi connectivity index (χ1n) is 10.7. The Morgan fingerprint density at radius 1 is 0.788 bits per heavy atom. The summed E-state index contributed by atoms with van der Waals surface area (Å²) in [6.07, 6.45) is 1.62. The van der Waals surface area contributed by atoms with Crippen LogP contribution in [0.15, 0.2) is 17.2 Å². The quantitative estimate of drug-likeness (QED) is 0.450. The van der Waals surface area contributed by atoms with Crippen LogP contribution in [0, 0.1) is 0 Å². The summed E-state index contributed by atoms with van der Waals surface area (Å²) in [6, 6.07) is 3.53. The van der Waals surface area contributed by atoms with Crippen molar-refractivity contribution >= 4 is 24.1 Å². The smallest absolute Gasteiger partial charge is 0.250 e. The number of nitrogens with zero attached hydrogens (tertiary/aromatic N) is 6. The molecule has 0 spiro atoms. The average molecular weight is 460 g/mol. The minimum Gasteiger partial charge on any atom is -0.496 e. The van der Waals surface area contributed by atoms with Crippen LogP contribution in [0.4, 0.5) is 17.8 Å². The molecule has 0 amide bonds. The third-order valence-electron chi connectivity index (χ3n) is 5.30. The Labute approximate surface area is 192 Å². The van der Waals surface area contributed by atoms with Crippen molar-refractivity contribution in [2.75, 3.05) is 89.2 Å². The van der Waals surface area contributed by atoms with Gasteiger partial charge in [0.15, 0.2) is 11.5 Å². The summed E-state index contributed by atoms with van der Waals surface area (Å²) < 4.78 is 27.1. The van der Waals surface area contributed by atoms with E-state index in [-0.39, 0.29) is 0 Å². The molecule has 1 aromatic carbocycles. The Hall–Kier alpha value is -3.38. The maximum atomic E-state index is 5.46. The van der Waals surface area contributed by atoms with E-state index in [1.165, 1.54) is 0 Å². The molecule has 12 heteroatoms.